The SMILES string of the molecule is C=CC[C@H](CCC#C[C@@H](O[Si](C)(C)C(C)(C)C)[C@H]1CC[C@@H](O[Si](C)(C)C(C)(C)C)[C@@H](CCCCCCCCCCCC)O1)O[Si](C)(C)C(C)(C)C. The molecule has 1 saturated heterocycles. The van der Waals surface area contributed by atoms with Crippen LogP contribution >= 0.6 is 0 Å². The number of unbranched alkanes of at least 4 members (excludes halogenated alkanes) is 9. The van der Waals surface area contributed by atoms with Crippen LogP contribution in [0.5, 0.6) is 0 Å². The van der Waals surface area contributed by atoms with Crippen molar-refractivity contribution in [3.63, 3.8) is 0 Å². The molecule has 0 amide bonds. The fraction of sp³-hybridized carbons (Fsp3) is 0.909. The topological polar surface area (TPSA) is 36.9 Å². The van der Waals surface area contributed by atoms with E-state index in [9.17, 15) is 0 Å². The predicted octanol–water partition coefficient (Wildman–Crippen LogP) is 14.4. The highest BCUT2D eigenvalue weighted by atomic mass is 28.4. The Morgan fingerprint density at radius 1 is 0.706 bits per heavy atom. The maximum atomic E-state index is 7.14. The van der Waals surface area contributed by atoms with Gasteiger partial charge in [0, 0.05) is 12.5 Å². The minimum Gasteiger partial charge on any atom is -0.414 e. The molecule has 0 aromatic carbocycles. The third-order valence-electron chi connectivity index (χ3n) is 12.7. The molecule has 7 heteroatoms. The van der Waals surface area contributed by atoms with Gasteiger partial charge in [-0.05, 0) is 86.5 Å². The van der Waals surface area contributed by atoms with Gasteiger partial charge in [0.05, 0.1) is 18.3 Å². The molecular formula is C44H88O4Si3. The predicted molar refractivity (Wildman–Crippen MR) is 232 cm³/mol. The standard InChI is InChI=1S/C44H88O4Si3/c1-18-20-21-22-23-24-25-26-27-28-33-38-41(48-51(16,17)44(9,10)11)36-35-39(45-38)40(47-50(14,15)43(6,7)8)34-30-29-32-37(31-19-2)46-49(12,13)42(3,4)5/h19,37-41H,2,18,20-29,31-33,35-36H2,1,3-17H3/t37-,38-,39-,40-,41-/m1/s1. The lowest BCUT2D eigenvalue weighted by Crippen LogP contribution is -2.53. The molecule has 1 heterocycles. The molecule has 1 aliphatic rings. The van der Waals surface area contributed by atoms with E-state index in [-0.39, 0.29) is 45.6 Å². The fourth-order valence-electron chi connectivity index (χ4n) is 6.00. The van der Waals surface area contributed by atoms with Gasteiger partial charge < -0.3 is 18.0 Å². The van der Waals surface area contributed by atoms with Crippen molar-refractivity contribution >= 4 is 25.0 Å². The lowest BCUT2D eigenvalue weighted by molar-refractivity contribution is -0.137. The Kier molecular flexibility index (Phi) is 20.8. The van der Waals surface area contributed by atoms with Crippen molar-refractivity contribution in [2.75, 3.05) is 0 Å². The maximum absolute atomic E-state index is 7.14. The van der Waals surface area contributed by atoms with E-state index in [1.807, 2.05) is 6.08 Å². The zero-order valence-electron chi connectivity index (χ0n) is 37.1. The number of rotatable bonds is 22. The van der Waals surface area contributed by atoms with E-state index >= 15 is 0 Å². The van der Waals surface area contributed by atoms with Gasteiger partial charge in [-0.2, -0.15) is 0 Å². The number of hydrogen-bond donors (Lipinski definition) is 0. The lowest BCUT2D eigenvalue weighted by atomic mass is 9.94. The molecule has 0 unspecified atom stereocenters. The molecule has 0 saturated carbocycles. The molecule has 1 rings (SSSR count). The molecule has 0 aromatic rings. The van der Waals surface area contributed by atoms with Crippen LogP contribution in [0, 0.1) is 11.8 Å². The van der Waals surface area contributed by atoms with Crippen LogP contribution in [-0.4, -0.2) is 55.5 Å². The Labute approximate surface area is 323 Å². The highest BCUT2D eigenvalue weighted by Gasteiger charge is 2.46. The molecule has 4 nitrogen and oxygen atoms in total. The lowest BCUT2D eigenvalue weighted by Gasteiger charge is -2.46. The monoisotopic (exact) mass is 765 g/mol. The van der Waals surface area contributed by atoms with Crippen molar-refractivity contribution in [2.24, 2.45) is 0 Å². The highest BCUT2D eigenvalue weighted by molar-refractivity contribution is 6.75. The zero-order valence-corrected chi connectivity index (χ0v) is 40.1. The maximum Gasteiger partial charge on any atom is 0.193 e. The molecule has 0 aromatic heterocycles. The van der Waals surface area contributed by atoms with Crippen molar-refractivity contribution in [1.82, 2.24) is 0 Å². The van der Waals surface area contributed by atoms with Crippen LogP contribution in [0.3, 0.4) is 0 Å². The van der Waals surface area contributed by atoms with Crippen LogP contribution in [-0.2, 0) is 18.0 Å². The van der Waals surface area contributed by atoms with Crippen LogP contribution in [0.2, 0.25) is 54.4 Å². The van der Waals surface area contributed by atoms with Crippen molar-refractivity contribution in [1.29, 1.82) is 0 Å². The molecule has 0 spiro atoms. The summed E-state index contributed by atoms with van der Waals surface area (Å²) in [7, 11) is -5.92. The average molecular weight is 765 g/mol. The second-order valence-electron chi connectivity index (χ2n) is 20.4. The first kappa shape index (κ1) is 48.8. The molecule has 1 fully saturated rings. The first-order valence-electron chi connectivity index (χ1n) is 21.2. The van der Waals surface area contributed by atoms with Gasteiger partial charge in [0.1, 0.15) is 6.10 Å². The van der Waals surface area contributed by atoms with E-state index in [0.29, 0.717) is 0 Å². The summed E-state index contributed by atoms with van der Waals surface area (Å²) in [6, 6.07) is 0. The van der Waals surface area contributed by atoms with Gasteiger partial charge >= 0.3 is 0 Å². The third kappa shape index (κ3) is 17.4. The molecule has 1 aliphatic heterocycles. The molecule has 0 bridgehead atoms. The minimum atomic E-state index is -2.10. The van der Waals surface area contributed by atoms with E-state index in [4.69, 9.17) is 18.0 Å². The van der Waals surface area contributed by atoms with Crippen LogP contribution < -0.4 is 0 Å². The summed E-state index contributed by atoms with van der Waals surface area (Å²) >= 11 is 0. The fourth-order valence-corrected chi connectivity index (χ4v) is 9.98. The number of hydrogen-bond acceptors (Lipinski definition) is 4. The average Bonchev–Trinajstić information content (AvgIpc) is 2.98. The summed E-state index contributed by atoms with van der Waals surface area (Å²) in [6.07, 6.45) is 21.1. The normalized spacial score (nSPS) is 20.8. The largest absolute Gasteiger partial charge is 0.414 e. The summed E-state index contributed by atoms with van der Waals surface area (Å²) in [5, 5.41) is 0.439. The van der Waals surface area contributed by atoms with Gasteiger partial charge in [-0.15, -0.1) is 12.5 Å². The molecule has 0 N–H and O–H groups in total. The van der Waals surface area contributed by atoms with E-state index < -0.39 is 25.0 Å². The van der Waals surface area contributed by atoms with Crippen LogP contribution in [0.4, 0.5) is 0 Å². The molecule has 0 aliphatic carbocycles. The molecule has 5 atom stereocenters. The Morgan fingerprint density at radius 2 is 1.20 bits per heavy atom. The van der Waals surface area contributed by atoms with Crippen LogP contribution in [0.25, 0.3) is 0 Å². The summed E-state index contributed by atoms with van der Waals surface area (Å²) in [6.45, 7) is 41.4. The van der Waals surface area contributed by atoms with Crippen molar-refractivity contribution in [3.8, 4) is 11.8 Å². The quantitative estimate of drug-likeness (QED) is 0.0476. The van der Waals surface area contributed by atoms with Crippen molar-refractivity contribution < 1.29 is 18.0 Å². The van der Waals surface area contributed by atoms with E-state index in [0.717, 1.165) is 38.5 Å². The second-order valence-corrected chi connectivity index (χ2v) is 34.6. The van der Waals surface area contributed by atoms with E-state index in [1.165, 1.54) is 64.2 Å². The highest BCUT2D eigenvalue weighted by Crippen LogP contribution is 2.42. The van der Waals surface area contributed by atoms with Gasteiger partial charge in [-0.25, -0.2) is 0 Å². The summed E-state index contributed by atoms with van der Waals surface area (Å²) in [5.41, 5.74) is 0. The van der Waals surface area contributed by atoms with Gasteiger partial charge in [-0.1, -0.05) is 145 Å². The van der Waals surface area contributed by atoms with Gasteiger partial charge in [0.2, 0.25) is 0 Å². The Hall–Kier alpha value is -0.209. The first-order valence-corrected chi connectivity index (χ1v) is 29.9. The second kappa shape index (κ2) is 21.8. The summed E-state index contributed by atoms with van der Waals surface area (Å²) in [5.74, 6) is 7.25. The third-order valence-corrected chi connectivity index (χ3v) is 26.2. The molecule has 0 radical (unpaired) electrons. The summed E-state index contributed by atoms with van der Waals surface area (Å²) in [4.78, 5) is 0. The molecular weight excluding hydrogens is 677 g/mol. The Balaban J connectivity index is 3.16. The number of ether oxygens (including phenoxy) is 1. The minimum absolute atomic E-state index is 0.0357. The summed E-state index contributed by atoms with van der Waals surface area (Å²) < 4.78 is 28.2. The van der Waals surface area contributed by atoms with Crippen molar-refractivity contribution in [3.05, 3.63) is 12.7 Å². The van der Waals surface area contributed by atoms with Gasteiger partial charge in [0.25, 0.3) is 0 Å². The van der Waals surface area contributed by atoms with Gasteiger partial charge in [0.15, 0.2) is 25.0 Å². The van der Waals surface area contributed by atoms with Crippen LogP contribution in [0.1, 0.15) is 172 Å². The van der Waals surface area contributed by atoms with Gasteiger partial charge in [-0.3, -0.25) is 0 Å². The zero-order chi connectivity index (χ0) is 39.2. The smallest absolute Gasteiger partial charge is 0.193 e. The molecule has 300 valence electrons. The Bertz CT molecular complexity index is 1040. The van der Waals surface area contributed by atoms with E-state index in [1.54, 1.807) is 0 Å². The van der Waals surface area contributed by atoms with Crippen molar-refractivity contribution in [2.45, 2.75) is 257 Å². The van der Waals surface area contributed by atoms with Crippen LogP contribution in [0.15, 0.2) is 12.7 Å². The Morgan fingerprint density at radius 3 is 1.69 bits per heavy atom. The first-order chi connectivity index (χ1) is 23.4. The van der Waals surface area contributed by atoms with E-state index in [2.05, 4.69) is 127 Å². The molecule has 51 heavy (non-hydrogen) atoms.